The van der Waals surface area contributed by atoms with E-state index < -0.39 is 51.9 Å². The van der Waals surface area contributed by atoms with Crippen LogP contribution in [0, 0.1) is 0 Å². The third-order valence-electron chi connectivity index (χ3n) is 6.61. The third-order valence-corrected chi connectivity index (χ3v) is 8.30. The van der Waals surface area contributed by atoms with Crippen LogP contribution in [0.25, 0.3) is 0 Å². The summed E-state index contributed by atoms with van der Waals surface area (Å²) in [5.41, 5.74) is -0.998. The summed E-state index contributed by atoms with van der Waals surface area (Å²) in [5.74, 6) is -1.21. The van der Waals surface area contributed by atoms with Crippen molar-refractivity contribution < 1.29 is 31.2 Å². The third kappa shape index (κ3) is 8.49. The van der Waals surface area contributed by atoms with E-state index in [0.29, 0.717) is 21.0 Å². The Morgan fingerprint density at radius 1 is 1.05 bits per heavy atom. The number of alkyl halides is 3. The number of amides is 2. The van der Waals surface area contributed by atoms with Gasteiger partial charge in [0.25, 0.3) is 0 Å². The van der Waals surface area contributed by atoms with Gasteiger partial charge >= 0.3 is 6.18 Å². The van der Waals surface area contributed by atoms with Crippen molar-refractivity contribution in [3.05, 3.63) is 63.6 Å². The van der Waals surface area contributed by atoms with Crippen LogP contribution in [-0.4, -0.2) is 50.0 Å². The number of anilines is 1. The van der Waals surface area contributed by atoms with Gasteiger partial charge in [-0.15, -0.1) is 0 Å². The maximum absolute atomic E-state index is 13.6. The molecule has 1 aliphatic rings. The fraction of sp³-hybridized carbons (Fsp3) is 0.462. The summed E-state index contributed by atoms with van der Waals surface area (Å²) in [7, 11) is -4.26. The number of carbonyl (C=O) groups is 2. The zero-order valence-electron chi connectivity index (χ0n) is 21.5. The van der Waals surface area contributed by atoms with Gasteiger partial charge in [0.1, 0.15) is 12.6 Å². The minimum Gasteiger partial charge on any atom is -0.352 e. The summed E-state index contributed by atoms with van der Waals surface area (Å²) >= 11 is 12.1. The van der Waals surface area contributed by atoms with Crippen LogP contribution < -0.4 is 9.62 Å². The van der Waals surface area contributed by atoms with Gasteiger partial charge in [-0.3, -0.25) is 13.9 Å². The number of hydrogen-bond donors (Lipinski definition) is 1. The highest BCUT2D eigenvalue weighted by Gasteiger charge is 2.35. The van der Waals surface area contributed by atoms with Crippen molar-refractivity contribution >= 4 is 50.7 Å². The molecule has 7 nitrogen and oxygen atoms in total. The first-order valence-electron chi connectivity index (χ1n) is 12.4. The second-order valence-electron chi connectivity index (χ2n) is 9.60. The molecule has 1 N–H and O–H groups in total. The monoisotopic (exact) mass is 607 g/mol. The van der Waals surface area contributed by atoms with E-state index in [9.17, 15) is 31.2 Å². The molecular weight excluding hydrogens is 578 g/mol. The second-order valence-corrected chi connectivity index (χ2v) is 12.4. The van der Waals surface area contributed by atoms with E-state index in [4.69, 9.17) is 23.2 Å². The molecule has 1 saturated carbocycles. The molecule has 1 fully saturated rings. The molecule has 214 valence electrons. The van der Waals surface area contributed by atoms with Crippen LogP contribution in [0.5, 0.6) is 0 Å². The molecule has 0 heterocycles. The lowest BCUT2D eigenvalue weighted by Gasteiger charge is -2.33. The Bertz CT molecular complexity index is 1280. The quantitative estimate of drug-likeness (QED) is 0.399. The number of rotatable bonds is 9. The maximum atomic E-state index is 13.6. The van der Waals surface area contributed by atoms with Crippen molar-refractivity contribution in [2.75, 3.05) is 17.1 Å². The number of nitrogens with zero attached hydrogens (tertiary/aromatic N) is 2. The Kier molecular flexibility index (Phi) is 10.2. The van der Waals surface area contributed by atoms with Gasteiger partial charge in [0.15, 0.2) is 0 Å². The first-order chi connectivity index (χ1) is 18.2. The SMILES string of the molecule is C[C@@H](C(=O)NC1CCCCC1)N(Cc1ccc(Cl)cc1)C(=O)CN(c1cc(C(F)(F)F)ccc1Cl)S(C)(=O)=O. The molecule has 0 radical (unpaired) electrons. The molecule has 2 amide bonds. The lowest BCUT2D eigenvalue weighted by Crippen LogP contribution is -2.53. The largest absolute Gasteiger partial charge is 0.416 e. The number of benzene rings is 2. The summed E-state index contributed by atoms with van der Waals surface area (Å²) in [6.45, 7) is 0.589. The van der Waals surface area contributed by atoms with Crippen LogP contribution in [-0.2, 0) is 32.3 Å². The Morgan fingerprint density at radius 2 is 1.67 bits per heavy atom. The first-order valence-corrected chi connectivity index (χ1v) is 15.0. The van der Waals surface area contributed by atoms with Crippen molar-refractivity contribution in [2.45, 2.75) is 63.8 Å². The molecule has 2 aromatic carbocycles. The van der Waals surface area contributed by atoms with Gasteiger partial charge in [0.05, 0.1) is 22.5 Å². The van der Waals surface area contributed by atoms with E-state index in [1.54, 1.807) is 24.3 Å². The topological polar surface area (TPSA) is 86.8 Å². The molecule has 0 aliphatic heterocycles. The van der Waals surface area contributed by atoms with Crippen LogP contribution in [0.2, 0.25) is 10.0 Å². The van der Waals surface area contributed by atoms with Gasteiger partial charge in [-0.25, -0.2) is 8.42 Å². The second kappa shape index (κ2) is 12.8. The van der Waals surface area contributed by atoms with Gasteiger partial charge in [-0.2, -0.15) is 13.2 Å². The average molecular weight is 609 g/mol. The molecule has 0 saturated heterocycles. The summed E-state index contributed by atoms with van der Waals surface area (Å²) < 4.78 is 66.0. The Morgan fingerprint density at radius 3 is 2.23 bits per heavy atom. The van der Waals surface area contributed by atoms with E-state index in [2.05, 4.69) is 5.32 Å². The number of carbonyl (C=O) groups excluding carboxylic acids is 2. The summed E-state index contributed by atoms with van der Waals surface area (Å²) in [5, 5.41) is 3.14. The van der Waals surface area contributed by atoms with Crippen LogP contribution in [0.4, 0.5) is 18.9 Å². The molecule has 1 aliphatic carbocycles. The highest BCUT2D eigenvalue weighted by molar-refractivity contribution is 7.92. The number of hydrogen-bond acceptors (Lipinski definition) is 4. The molecular formula is C26H30Cl2F3N3O4S. The van der Waals surface area contributed by atoms with Crippen LogP contribution in [0.15, 0.2) is 42.5 Å². The fourth-order valence-corrected chi connectivity index (χ4v) is 5.66. The Labute approximate surface area is 236 Å². The highest BCUT2D eigenvalue weighted by atomic mass is 35.5. The first kappa shape index (κ1) is 31.0. The average Bonchev–Trinajstić information content (AvgIpc) is 2.86. The van der Waals surface area contributed by atoms with Crippen molar-refractivity contribution in [1.82, 2.24) is 10.2 Å². The van der Waals surface area contributed by atoms with Gasteiger partial charge in [0.2, 0.25) is 21.8 Å². The predicted molar refractivity (Wildman–Crippen MR) is 145 cm³/mol. The normalized spacial score (nSPS) is 15.5. The van der Waals surface area contributed by atoms with E-state index in [0.717, 1.165) is 50.5 Å². The van der Waals surface area contributed by atoms with Gasteiger partial charge < -0.3 is 10.2 Å². The van der Waals surface area contributed by atoms with Gasteiger partial charge in [-0.1, -0.05) is 54.6 Å². The van der Waals surface area contributed by atoms with Crippen molar-refractivity contribution in [1.29, 1.82) is 0 Å². The fourth-order valence-electron chi connectivity index (χ4n) is 4.41. The van der Waals surface area contributed by atoms with Crippen LogP contribution >= 0.6 is 23.2 Å². The zero-order chi connectivity index (χ0) is 29.0. The van der Waals surface area contributed by atoms with Crippen LogP contribution in [0.3, 0.4) is 0 Å². The van der Waals surface area contributed by atoms with Crippen molar-refractivity contribution in [3.63, 3.8) is 0 Å². The van der Waals surface area contributed by atoms with Gasteiger partial charge in [0, 0.05) is 17.6 Å². The summed E-state index contributed by atoms with van der Waals surface area (Å²) in [6.07, 6.45) is 0.682. The minimum atomic E-state index is -4.77. The molecule has 3 rings (SSSR count). The van der Waals surface area contributed by atoms with Crippen molar-refractivity contribution in [2.24, 2.45) is 0 Å². The van der Waals surface area contributed by atoms with Crippen molar-refractivity contribution in [3.8, 4) is 0 Å². The lowest BCUT2D eigenvalue weighted by molar-refractivity contribution is -0.139. The van der Waals surface area contributed by atoms with E-state index in [1.165, 1.54) is 11.8 Å². The molecule has 0 unspecified atom stereocenters. The molecule has 1 atom stereocenters. The van der Waals surface area contributed by atoms with E-state index in [-0.39, 0.29) is 17.6 Å². The van der Waals surface area contributed by atoms with E-state index in [1.807, 2.05) is 0 Å². The Hall–Kier alpha value is -2.50. The molecule has 13 heteroatoms. The Balaban J connectivity index is 1.94. The molecule has 0 aromatic heterocycles. The smallest absolute Gasteiger partial charge is 0.352 e. The number of sulfonamides is 1. The number of halogens is 5. The summed E-state index contributed by atoms with van der Waals surface area (Å²) in [6, 6.07) is 7.73. The van der Waals surface area contributed by atoms with Gasteiger partial charge in [-0.05, 0) is 55.7 Å². The molecule has 39 heavy (non-hydrogen) atoms. The number of nitrogens with one attached hydrogen (secondary N) is 1. The molecule has 0 spiro atoms. The van der Waals surface area contributed by atoms with Crippen LogP contribution in [0.1, 0.15) is 50.2 Å². The predicted octanol–water partition coefficient (Wildman–Crippen LogP) is 5.64. The molecule has 2 aromatic rings. The minimum absolute atomic E-state index is 0.0300. The zero-order valence-corrected chi connectivity index (χ0v) is 23.8. The summed E-state index contributed by atoms with van der Waals surface area (Å²) in [4.78, 5) is 28.0. The lowest BCUT2D eigenvalue weighted by atomic mass is 9.95. The standard InChI is InChI=1S/C26H30Cl2F3N3O4S/c1-17(25(36)32-21-6-4-3-5-7-21)33(15-18-8-11-20(27)12-9-18)24(35)16-34(39(2,37)38)23-14-19(26(29,30)31)10-13-22(23)28/h8-14,17,21H,3-7,15-16H2,1-2H3,(H,32,36)/t17-/m0/s1. The highest BCUT2D eigenvalue weighted by Crippen LogP contribution is 2.36. The van der Waals surface area contributed by atoms with E-state index >= 15 is 0 Å². The maximum Gasteiger partial charge on any atom is 0.416 e. The molecule has 0 bridgehead atoms.